The number of amides is 1. The predicted molar refractivity (Wildman–Crippen MR) is 131 cm³/mol. The van der Waals surface area contributed by atoms with E-state index in [1.165, 1.54) is 17.3 Å². The van der Waals surface area contributed by atoms with E-state index in [1.807, 2.05) is 54.6 Å². The van der Waals surface area contributed by atoms with Crippen molar-refractivity contribution in [2.75, 3.05) is 0 Å². The van der Waals surface area contributed by atoms with Crippen molar-refractivity contribution in [3.63, 3.8) is 0 Å². The Morgan fingerprint density at radius 3 is 2.03 bits per heavy atom. The molecule has 0 saturated carbocycles. The van der Waals surface area contributed by atoms with Crippen LogP contribution in [0.3, 0.4) is 0 Å². The molecule has 1 aliphatic rings. The van der Waals surface area contributed by atoms with Crippen molar-refractivity contribution < 1.29 is 4.79 Å². The first kappa shape index (κ1) is 21.1. The third kappa shape index (κ3) is 4.80. The number of benzene rings is 3. The Morgan fingerprint density at radius 1 is 0.806 bits per heavy atom. The van der Waals surface area contributed by atoms with E-state index < -0.39 is 0 Å². The predicted octanol–water partition coefficient (Wildman–Crippen LogP) is 7.18. The molecular weight excluding hydrogens is 400 g/mol. The van der Waals surface area contributed by atoms with Gasteiger partial charge in [-0.05, 0) is 59.5 Å². The van der Waals surface area contributed by atoms with Gasteiger partial charge >= 0.3 is 0 Å². The zero-order valence-corrected chi connectivity index (χ0v) is 18.8. The van der Waals surface area contributed by atoms with Gasteiger partial charge in [0.2, 0.25) is 0 Å². The highest BCUT2D eigenvalue weighted by molar-refractivity contribution is 8.18. The molecule has 0 unspecified atom stereocenters. The smallest absolute Gasteiger partial charge is 0.267 e. The van der Waals surface area contributed by atoms with Crippen molar-refractivity contribution in [2.45, 2.75) is 32.7 Å². The van der Waals surface area contributed by atoms with E-state index in [0.29, 0.717) is 16.0 Å². The van der Waals surface area contributed by atoms with Crippen molar-refractivity contribution in [1.82, 2.24) is 4.90 Å². The fraction of sp³-hybridized carbons (Fsp3) is 0.185. The van der Waals surface area contributed by atoms with E-state index in [1.54, 1.807) is 4.90 Å². The van der Waals surface area contributed by atoms with Crippen LogP contribution in [0.15, 0.2) is 94.8 Å². The standard InChI is InChI=1S/C27H26N2OS/c1-19(2)22-16-14-21(15-17-22)18-25-26(30)29(20(3)23-10-6-4-7-11-23)27(31-25)28-24-12-8-5-9-13-24/h4-20H,1-3H3/b25-18+,28-27?/t20-/m1/s1. The molecule has 156 valence electrons. The van der Waals surface area contributed by atoms with Gasteiger partial charge in [0.05, 0.1) is 16.6 Å². The summed E-state index contributed by atoms with van der Waals surface area (Å²) in [6.45, 7) is 6.41. The van der Waals surface area contributed by atoms with E-state index in [4.69, 9.17) is 4.99 Å². The van der Waals surface area contributed by atoms with Crippen LogP contribution in [0.25, 0.3) is 6.08 Å². The minimum atomic E-state index is -0.113. The summed E-state index contributed by atoms with van der Waals surface area (Å²) in [6.07, 6.45) is 1.97. The molecule has 0 spiro atoms. The number of thioether (sulfide) groups is 1. The molecule has 0 N–H and O–H groups in total. The van der Waals surface area contributed by atoms with Gasteiger partial charge in [-0.15, -0.1) is 0 Å². The molecule has 4 rings (SSSR count). The lowest BCUT2D eigenvalue weighted by Gasteiger charge is -2.24. The molecule has 0 aromatic heterocycles. The van der Waals surface area contributed by atoms with Crippen molar-refractivity contribution >= 4 is 34.6 Å². The highest BCUT2D eigenvalue weighted by Crippen LogP contribution is 2.39. The monoisotopic (exact) mass is 426 g/mol. The van der Waals surface area contributed by atoms with Crippen LogP contribution in [0, 0.1) is 0 Å². The fourth-order valence-corrected chi connectivity index (χ4v) is 4.60. The van der Waals surface area contributed by atoms with Crippen LogP contribution < -0.4 is 0 Å². The van der Waals surface area contributed by atoms with E-state index in [9.17, 15) is 4.79 Å². The SMILES string of the molecule is CC(C)c1ccc(/C=C2/SC(=Nc3ccccc3)N([C@H](C)c3ccccc3)C2=O)cc1. The molecule has 1 fully saturated rings. The minimum absolute atomic E-state index is 0.0102. The zero-order valence-electron chi connectivity index (χ0n) is 18.0. The number of para-hydroxylation sites is 1. The zero-order chi connectivity index (χ0) is 21.8. The third-order valence-electron chi connectivity index (χ3n) is 5.39. The summed E-state index contributed by atoms with van der Waals surface area (Å²) in [7, 11) is 0. The second-order valence-corrected chi connectivity index (χ2v) is 8.93. The van der Waals surface area contributed by atoms with Crippen LogP contribution >= 0.6 is 11.8 Å². The van der Waals surface area contributed by atoms with E-state index >= 15 is 0 Å². The van der Waals surface area contributed by atoms with Gasteiger partial charge in [-0.25, -0.2) is 4.99 Å². The quantitative estimate of drug-likeness (QED) is 0.405. The van der Waals surface area contributed by atoms with Crippen LogP contribution in [0.1, 0.15) is 49.4 Å². The lowest BCUT2D eigenvalue weighted by molar-refractivity contribution is -0.123. The van der Waals surface area contributed by atoms with Crippen LogP contribution in [0.4, 0.5) is 5.69 Å². The molecule has 3 aromatic carbocycles. The average molecular weight is 427 g/mol. The van der Waals surface area contributed by atoms with Gasteiger partial charge in [-0.3, -0.25) is 9.69 Å². The number of carbonyl (C=O) groups is 1. The number of amidine groups is 1. The van der Waals surface area contributed by atoms with Crippen LogP contribution in [0.5, 0.6) is 0 Å². The normalized spacial score (nSPS) is 17.7. The molecule has 0 radical (unpaired) electrons. The van der Waals surface area contributed by atoms with Crippen molar-refractivity contribution in [3.8, 4) is 0 Å². The Morgan fingerprint density at radius 2 is 1.42 bits per heavy atom. The topological polar surface area (TPSA) is 32.7 Å². The van der Waals surface area contributed by atoms with E-state index in [2.05, 4.69) is 57.2 Å². The van der Waals surface area contributed by atoms with Gasteiger partial charge in [0.1, 0.15) is 0 Å². The maximum Gasteiger partial charge on any atom is 0.267 e. The number of carbonyl (C=O) groups excluding carboxylic acids is 1. The molecule has 1 atom stereocenters. The largest absolute Gasteiger partial charge is 0.279 e. The highest BCUT2D eigenvalue weighted by Gasteiger charge is 2.37. The Kier molecular flexibility index (Phi) is 6.38. The van der Waals surface area contributed by atoms with E-state index in [0.717, 1.165) is 16.8 Å². The van der Waals surface area contributed by atoms with Crippen molar-refractivity contribution in [3.05, 3.63) is 107 Å². The lowest BCUT2D eigenvalue weighted by atomic mass is 10.0. The van der Waals surface area contributed by atoms with Gasteiger partial charge < -0.3 is 0 Å². The van der Waals surface area contributed by atoms with Crippen LogP contribution in [-0.4, -0.2) is 16.0 Å². The van der Waals surface area contributed by atoms with Gasteiger partial charge in [-0.2, -0.15) is 0 Å². The summed E-state index contributed by atoms with van der Waals surface area (Å²) in [6, 6.07) is 28.2. The number of aliphatic imine (C=N–C) groups is 1. The van der Waals surface area contributed by atoms with Crippen molar-refractivity contribution in [2.24, 2.45) is 4.99 Å². The first-order valence-electron chi connectivity index (χ1n) is 10.5. The van der Waals surface area contributed by atoms with Gasteiger partial charge in [0.15, 0.2) is 5.17 Å². The highest BCUT2D eigenvalue weighted by atomic mass is 32.2. The molecule has 1 heterocycles. The van der Waals surface area contributed by atoms with Crippen molar-refractivity contribution in [1.29, 1.82) is 0 Å². The fourth-order valence-electron chi connectivity index (χ4n) is 3.53. The maximum atomic E-state index is 13.5. The summed E-state index contributed by atoms with van der Waals surface area (Å²) in [5.41, 5.74) is 4.23. The number of hydrogen-bond donors (Lipinski definition) is 0. The molecular formula is C27H26N2OS. The summed E-state index contributed by atoms with van der Waals surface area (Å²) in [4.78, 5) is 20.8. The molecule has 4 heteroatoms. The Balaban J connectivity index is 1.71. The minimum Gasteiger partial charge on any atom is -0.279 e. The van der Waals surface area contributed by atoms with E-state index in [-0.39, 0.29) is 11.9 Å². The van der Waals surface area contributed by atoms with Crippen LogP contribution in [-0.2, 0) is 4.79 Å². The average Bonchev–Trinajstić information content (AvgIpc) is 3.09. The van der Waals surface area contributed by atoms with Crippen LogP contribution in [0.2, 0.25) is 0 Å². The molecule has 3 aromatic rings. The Bertz CT molecular complexity index is 1100. The first-order chi connectivity index (χ1) is 15.0. The third-order valence-corrected chi connectivity index (χ3v) is 6.37. The summed E-state index contributed by atoms with van der Waals surface area (Å²) in [5, 5.41) is 0.706. The molecule has 0 aliphatic carbocycles. The number of nitrogens with zero attached hydrogens (tertiary/aromatic N) is 2. The molecule has 3 nitrogen and oxygen atoms in total. The first-order valence-corrected chi connectivity index (χ1v) is 11.4. The van der Waals surface area contributed by atoms with Gasteiger partial charge in [0, 0.05) is 0 Å². The summed E-state index contributed by atoms with van der Waals surface area (Å²) >= 11 is 1.44. The molecule has 0 bridgehead atoms. The summed E-state index contributed by atoms with van der Waals surface area (Å²) < 4.78 is 0. The second kappa shape index (κ2) is 9.36. The number of rotatable bonds is 5. The molecule has 1 saturated heterocycles. The summed E-state index contributed by atoms with van der Waals surface area (Å²) in [5.74, 6) is 0.472. The number of hydrogen-bond acceptors (Lipinski definition) is 3. The van der Waals surface area contributed by atoms with Gasteiger partial charge in [-0.1, -0.05) is 86.6 Å². The Hall–Kier alpha value is -3.11. The molecule has 1 aliphatic heterocycles. The van der Waals surface area contributed by atoms with Gasteiger partial charge in [0.25, 0.3) is 5.91 Å². The molecule has 31 heavy (non-hydrogen) atoms. The lowest BCUT2D eigenvalue weighted by Crippen LogP contribution is -2.32. The molecule has 1 amide bonds. The second-order valence-electron chi connectivity index (χ2n) is 7.92. The maximum absolute atomic E-state index is 13.5. The Labute approximate surface area is 188 Å².